The summed E-state index contributed by atoms with van der Waals surface area (Å²) in [4.78, 5) is 82.7. The van der Waals surface area contributed by atoms with Gasteiger partial charge in [0.2, 0.25) is 11.8 Å². The van der Waals surface area contributed by atoms with Crippen LogP contribution in [0, 0.1) is 0 Å². The van der Waals surface area contributed by atoms with E-state index in [4.69, 9.17) is 28.2 Å². The minimum absolute atomic E-state index is 0.683. The van der Waals surface area contributed by atoms with Crippen LogP contribution in [0.3, 0.4) is 0 Å². The van der Waals surface area contributed by atoms with Gasteiger partial charge in [-0.05, 0) is 6.92 Å². The van der Waals surface area contributed by atoms with Crippen molar-refractivity contribution in [2.75, 3.05) is 19.8 Å². The van der Waals surface area contributed by atoms with Gasteiger partial charge in [-0.25, -0.2) is 18.7 Å². The molecule has 3 saturated heterocycles. The molecule has 0 aliphatic carbocycles. The van der Waals surface area contributed by atoms with Crippen molar-refractivity contribution in [2.24, 2.45) is 0 Å². The van der Waals surface area contributed by atoms with Crippen LogP contribution < -0.4 is 21.9 Å². The second kappa shape index (κ2) is 19.5. The summed E-state index contributed by atoms with van der Waals surface area (Å²) in [5, 5.41) is 76.2. The lowest BCUT2D eigenvalue weighted by molar-refractivity contribution is -0.331. The molecule has 0 radical (unpaired) electrons. The molecule has 30 heteroatoms. The number of carboxylic acid groups (broad SMARTS) is 1. The van der Waals surface area contributed by atoms with Gasteiger partial charge in [0, 0.05) is 26.1 Å². The molecule has 12 N–H and O–H groups in total. The van der Waals surface area contributed by atoms with Crippen LogP contribution in [-0.4, -0.2) is 178 Å². The Morgan fingerprint density at radius 3 is 2.00 bits per heavy atom. The molecule has 2 amide bonds. The van der Waals surface area contributed by atoms with Gasteiger partial charge in [0.1, 0.15) is 67.0 Å². The summed E-state index contributed by atoms with van der Waals surface area (Å²) in [7, 11) is -11.7. The predicted molar refractivity (Wildman–Crippen MR) is 181 cm³/mol. The van der Waals surface area contributed by atoms with Crippen molar-refractivity contribution < 1.29 is 106 Å². The Bertz CT molecular complexity index is 1830. The molecule has 330 valence electrons. The molecule has 0 bridgehead atoms. The number of phosphoric acid groups is 2. The maximum atomic E-state index is 13.2. The molecule has 4 heterocycles. The van der Waals surface area contributed by atoms with Crippen molar-refractivity contribution >= 4 is 33.4 Å². The third kappa shape index (κ3) is 11.6. The first-order chi connectivity index (χ1) is 27.0. The second-order valence-corrected chi connectivity index (χ2v) is 16.0. The van der Waals surface area contributed by atoms with Crippen LogP contribution in [0.4, 0.5) is 0 Å². The first-order valence-corrected chi connectivity index (χ1v) is 20.0. The zero-order chi connectivity index (χ0) is 43.4. The van der Waals surface area contributed by atoms with E-state index in [1.54, 1.807) is 0 Å². The van der Waals surface area contributed by atoms with E-state index < -0.39 is 156 Å². The van der Waals surface area contributed by atoms with Gasteiger partial charge >= 0.3 is 27.3 Å². The van der Waals surface area contributed by atoms with Crippen LogP contribution in [0.2, 0.25) is 0 Å². The first-order valence-electron chi connectivity index (χ1n) is 17.0. The number of nitrogens with zero attached hydrogens (tertiary/aromatic N) is 1. The van der Waals surface area contributed by atoms with Crippen molar-refractivity contribution in [3.63, 3.8) is 0 Å². The summed E-state index contributed by atoms with van der Waals surface area (Å²) in [6, 6.07) is -2.66. The number of aliphatic carboxylic acids is 1. The molecule has 2 unspecified atom stereocenters. The summed E-state index contributed by atoms with van der Waals surface area (Å²) < 4.78 is 68.8. The number of H-pyrrole nitrogens is 1. The molecule has 3 fully saturated rings. The van der Waals surface area contributed by atoms with Gasteiger partial charge < -0.3 is 79.9 Å². The van der Waals surface area contributed by atoms with Crippen LogP contribution in [0.5, 0.6) is 0 Å². The Kier molecular flexibility index (Phi) is 16.0. The standard InChI is InChI=1S/C28H44N4O24P2/c1-9(25(42)43)50-23-17(30-11(3)36)27(53-13(7-34)22(23)54-26-16(29-10(2)35)20(40)18(38)12(6-33)52-26)55-58(47,48)56-57(45,46)49-8-14-19(39)21(41)24(51-14)32-5-4-15(37)31-28(32)44/h4-5,9,12-14,16-24,26-27,33-34,38-41H,6-8H2,1-3H3,(H,29,35)(H,30,36)(H,42,43)(H,45,46)(H,47,48)(H,31,37,44)/t9-,12-,13-,14-,16-,17-,18-,19-,20-,21-,22-,23-,24-,26+,27-/m1/s1. The number of phosphoric ester groups is 2. The number of hydrogen-bond donors (Lipinski definition) is 12. The van der Waals surface area contributed by atoms with Crippen LogP contribution in [-0.2, 0) is 60.6 Å². The SMILES string of the molecule is CC(=O)N[C@H]1[C@H](O[C@H]2[C@H](O[C@H](C)C(=O)O)[C@@H](NC(C)=O)[C@@H](OP(=O)(O)OP(=O)(O)OC[C@H]3O[C@@H](n4ccc(=O)[nH]c4=O)[C@H](O)[C@@H]3O)O[C@@H]2CO)O[C@H](CO)[C@@H](O)[C@@H]1O. The van der Waals surface area contributed by atoms with E-state index in [1.807, 2.05) is 4.98 Å². The van der Waals surface area contributed by atoms with Gasteiger partial charge in [-0.3, -0.25) is 33.0 Å². The van der Waals surface area contributed by atoms with E-state index >= 15 is 0 Å². The second-order valence-electron chi connectivity index (χ2n) is 13.1. The quantitative estimate of drug-likeness (QED) is 0.0648. The number of amides is 2. The lowest BCUT2D eigenvalue weighted by Gasteiger charge is -2.49. The highest BCUT2D eigenvalue weighted by atomic mass is 31.3. The Balaban J connectivity index is 1.57. The zero-order valence-corrected chi connectivity index (χ0v) is 32.2. The maximum Gasteiger partial charge on any atom is 0.483 e. The molecule has 17 atom stereocenters. The summed E-state index contributed by atoms with van der Waals surface area (Å²) in [6.07, 6.45) is -22.9. The van der Waals surface area contributed by atoms with Crippen molar-refractivity contribution in [3.05, 3.63) is 33.1 Å². The van der Waals surface area contributed by atoms with Crippen molar-refractivity contribution in [1.82, 2.24) is 20.2 Å². The number of rotatable bonds is 17. The van der Waals surface area contributed by atoms with E-state index in [9.17, 15) is 78.6 Å². The fraction of sp³-hybridized carbons (Fsp3) is 0.750. The summed E-state index contributed by atoms with van der Waals surface area (Å²) in [5.74, 6) is -3.33. The number of nitrogens with one attached hydrogen (secondary N) is 3. The topological polar surface area (TPSA) is 420 Å². The monoisotopic (exact) mass is 882 g/mol. The van der Waals surface area contributed by atoms with Gasteiger partial charge in [-0.2, -0.15) is 4.31 Å². The highest BCUT2D eigenvalue weighted by molar-refractivity contribution is 7.61. The summed E-state index contributed by atoms with van der Waals surface area (Å²) in [6.45, 7) is -0.202. The van der Waals surface area contributed by atoms with Crippen LogP contribution in [0.1, 0.15) is 27.0 Å². The van der Waals surface area contributed by atoms with E-state index in [0.717, 1.165) is 33.0 Å². The van der Waals surface area contributed by atoms with Crippen LogP contribution in [0.15, 0.2) is 21.9 Å². The number of carbonyl (C=O) groups excluding carboxylic acids is 2. The molecule has 1 aromatic rings. The van der Waals surface area contributed by atoms with Gasteiger partial charge in [0.25, 0.3) is 5.56 Å². The molecule has 28 nitrogen and oxygen atoms in total. The predicted octanol–water partition coefficient (Wildman–Crippen LogP) is -6.18. The number of aliphatic hydroxyl groups excluding tert-OH is 6. The third-order valence-corrected chi connectivity index (χ3v) is 11.4. The van der Waals surface area contributed by atoms with Crippen LogP contribution in [0.25, 0.3) is 0 Å². The Hall–Kier alpha value is -3.09. The maximum absolute atomic E-state index is 13.2. The first kappa shape index (κ1) is 47.6. The van der Waals surface area contributed by atoms with E-state index in [1.165, 1.54) is 0 Å². The van der Waals surface area contributed by atoms with Crippen molar-refractivity contribution in [3.8, 4) is 0 Å². The van der Waals surface area contributed by atoms with Gasteiger partial charge in [-0.15, -0.1) is 0 Å². The summed E-state index contributed by atoms with van der Waals surface area (Å²) >= 11 is 0. The molecule has 0 saturated carbocycles. The average molecular weight is 883 g/mol. The van der Waals surface area contributed by atoms with E-state index in [2.05, 4.69) is 19.5 Å². The third-order valence-electron chi connectivity index (χ3n) is 8.76. The van der Waals surface area contributed by atoms with Crippen molar-refractivity contribution in [1.29, 1.82) is 0 Å². The molecule has 4 rings (SSSR count). The normalized spacial score (nSPS) is 36.6. The van der Waals surface area contributed by atoms with Crippen LogP contribution >= 0.6 is 15.6 Å². The minimum atomic E-state index is -5.95. The molecule has 0 aromatic carbocycles. The Morgan fingerprint density at radius 2 is 1.43 bits per heavy atom. The molecule has 1 aromatic heterocycles. The van der Waals surface area contributed by atoms with Crippen molar-refractivity contribution in [2.45, 2.75) is 113 Å². The largest absolute Gasteiger partial charge is 0.483 e. The highest BCUT2D eigenvalue weighted by Gasteiger charge is 2.55. The smallest absolute Gasteiger partial charge is 0.479 e. The lowest BCUT2D eigenvalue weighted by atomic mass is 9.94. The molecular weight excluding hydrogens is 838 g/mol. The molecule has 58 heavy (non-hydrogen) atoms. The fourth-order valence-corrected chi connectivity index (χ4v) is 8.25. The van der Waals surface area contributed by atoms with Gasteiger partial charge in [0.15, 0.2) is 24.9 Å². The van der Waals surface area contributed by atoms with E-state index in [0.29, 0.717) is 4.57 Å². The summed E-state index contributed by atoms with van der Waals surface area (Å²) in [5.41, 5.74) is -1.85. The highest BCUT2D eigenvalue weighted by Crippen LogP contribution is 2.61. The van der Waals surface area contributed by atoms with E-state index in [-0.39, 0.29) is 0 Å². The molecular formula is C28H44N4O24P2. The zero-order valence-electron chi connectivity index (χ0n) is 30.4. The number of carbonyl (C=O) groups is 3. The average Bonchev–Trinajstić information content (AvgIpc) is 3.40. The molecule has 3 aliphatic rings. The van der Waals surface area contributed by atoms with Gasteiger partial charge in [-0.1, -0.05) is 0 Å². The Morgan fingerprint density at radius 1 is 0.845 bits per heavy atom. The fourth-order valence-electron chi connectivity index (χ4n) is 6.09. The number of aliphatic hydroxyl groups is 6. The number of aromatic nitrogens is 2. The number of hydrogen-bond acceptors (Lipinski definition) is 21. The minimum Gasteiger partial charge on any atom is -0.479 e. The number of carboxylic acids is 1. The Labute approximate surface area is 325 Å². The molecule has 3 aliphatic heterocycles. The van der Waals surface area contributed by atoms with Gasteiger partial charge in [0.05, 0.1) is 19.8 Å². The number of ether oxygens (including phenoxy) is 5. The lowest BCUT2D eigenvalue weighted by Crippen LogP contribution is -2.70. The number of aromatic amines is 1. The molecule has 0 spiro atoms.